The number of aromatic amines is 1. The first-order chi connectivity index (χ1) is 21.2. The Labute approximate surface area is 253 Å². The number of hydrogen-bond donors (Lipinski definition) is 2. The van der Waals surface area contributed by atoms with Crippen LogP contribution in [0.25, 0.3) is 0 Å². The first kappa shape index (κ1) is 32.5. The Morgan fingerprint density at radius 2 is 1.84 bits per heavy atom. The molecule has 246 valence electrons. The summed E-state index contributed by atoms with van der Waals surface area (Å²) >= 11 is 0. The van der Waals surface area contributed by atoms with E-state index in [1.807, 2.05) is 0 Å². The lowest BCUT2D eigenvalue weighted by molar-refractivity contribution is -0.138. The van der Waals surface area contributed by atoms with Gasteiger partial charge in [0.2, 0.25) is 5.91 Å². The fourth-order valence-corrected chi connectivity index (χ4v) is 6.11. The van der Waals surface area contributed by atoms with E-state index in [0.29, 0.717) is 0 Å². The van der Waals surface area contributed by atoms with E-state index in [2.05, 4.69) is 15.4 Å². The predicted octanol–water partition coefficient (Wildman–Crippen LogP) is 3.66. The first-order valence-electron chi connectivity index (χ1n) is 14.7. The lowest BCUT2D eigenvalue weighted by atomic mass is 10.0. The van der Waals surface area contributed by atoms with Gasteiger partial charge in [-0.05, 0) is 31.7 Å². The highest BCUT2D eigenvalue weighted by molar-refractivity contribution is 6.05. The van der Waals surface area contributed by atoms with Crippen LogP contribution in [-0.4, -0.2) is 83.4 Å². The zero-order chi connectivity index (χ0) is 32.5. The van der Waals surface area contributed by atoms with Gasteiger partial charge in [0.15, 0.2) is 5.82 Å². The molecule has 3 aliphatic rings. The van der Waals surface area contributed by atoms with E-state index in [4.69, 9.17) is 4.74 Å². The van der Waals surface area contributed by atoms with Gasteiger partial charge in [0.25, 0.3) is 11.5 Å². The Balaban J connectivity index is 1.19. The molecule has 2 aromatic heterocycles. The maximum absolute atomic E-state index is 13.7. The molecule has 2 aliphatic heterocycles. The van der Waals surface area contributed by atoms with Crippen molar-refractivity contribution in [2.75, 3.05) is 54.5 Å². The fraction of sp³-hybridized carbons (Fsp3) is 0.607. The number of pyridine rings is 1. The van der Waals surface area contributed by atoms with Crippen molar-refractivity contribution in [2.45, 2.75) is 63.5 Å². The summed E-state index contributed by atoms with van der Waals surface area (Å²) in [6.45, 7) is 2.11. The number of anilines is 3. The number of ether oxygens (including phenoxy) is 1. The molecular weight excluding hydrogens is 612 g/mol. The van der Waals surface area contributed by atoms with E-state index in [1.165, 1.54) is 16.7 Å². The van der Waals surface area contributed by atoms with Gasteiger partial charge in [-0.3, -0.25) is 14.4 Å². The quantitative estimate of drug-likeness (QED) is 0.313. The molecule has 2 unspecified atom stereocenters. The van der Waals surface area contributed by atoms with E-state index >= 15 is 0 Å². The highest BCUT2D eigenvalue weighted by atomic mass is 19.4. The third-order valence-corrected chi connectivity index (χ3v) is 8.31. The van der Waals surface area contributed by atoms with Crippen molar-refractivity contribution in [1.29, 1.82) is 0 Å². The van der Waals surface area contributed by atoms with Gasteiger partial charge in [0.05, 0.1) is 49.3 Å². The van der Waals surface area contributed by atoms with E-state index in [1.54, 1.807) is 10.00 Å². The van der Waals surface area contributed by atoms with Crippen molar-refractivity contribution in [2.24, 2.45) is 5.92 Å². The van der Waals surface area contributed by atoms with E-state index < -0.39 is 46.8 Å². The van der Waals surface area contributed by atoms with Crippen LogP contribution in [0.4, 0.5) is 43.5 Å². The minimum absolute atomic E-state index is 0.0225. The Morgan fingerprint density at radius 3 is 2.53 bits per heavy atom. The maximum atomic E-state index is 13.7. The van der Waals surface area contributed by atoms with Gasteiger partial charge >= 0.3 is 12.4 Å². The second-order valence-electron chi connectivity index (χ2n) is 11.6. The average Bonchev–Trinajstić information content (AvgIpc) is 3.49. The molecule has 1 saturated heterocycles. The van der Waals surface area contributed by atoms with Gasteiger partial charge in [-0.1, -0.05) is 12.8 Å². The predicted molar refractivity (Wildman–Crippen MR) is 150 cm³/mol. The Bertz CT molecular complexity index is 1460. The Kier molecular flexibility index (Phi) is 9.28. The largest absolute Gasteiger partial charge is 0.423 e. The third-order valence-electron chi connectivity index (χ3n) is 8.31. The molecule has 4 heterocycles. The summed E-state index contributed by atoms with van der Waals surface area (Å²) in [5.41, 5.74) is -4.09. The summed E-state index contributed by atoms with van der Waals surface area (Å²) in [7, 11) is 0. The van der Waals surface area contributed by atoms with E-state index in [9.17, 15) is 40.7 Å². The smallest absolute Gasteiger partial charge is 0.379 e. The molecule has 2 fully saturated rings. The second kappa shape index (κ2) is 12.8. The number of carbonyl (C=O) groups excluding carboxylic acids is 2. The van der Waals surface area contributed by atoms with Crippen LogP contribution in [0.15, 0.2) is 23.3 Å². The number of alkyl halides is 6. The van der Waals surface area contributed by atoms with Crippen molar-refractivity contribution in [3.05, 3.63) is 39.9 Å². The van der Waals surface area contributed by atoms with Crippen LogP contribution in [0.3, 0.4) is 0 Å². The molecule has 2 N–H and O–H groups in total. The van der Waals surface area contributed by atoms with Gasteiger partial charge in [-0.25, -0.2) is 10.1 Å². The minimum atomic E-state index is -4.90. The topological polar surface area (TPSA) is 124 Å². The summed E-state index contributed by atoms with van der Waals surface area (Å²) in [5, 5.41) is 7.72. The van der Waals surface area contributed by atoms with Gasteiger partial charge < -0.3 is 24.8 Å². The Hall–Kier alpha value is -3.89. The standard InChI is InChI=1S/C28H33F6N7O4/c1-16(37-19-12-36-38-25(43)23(19)28(32,33)34)15-45-9-6-22(42)39-7-8-40-21(14-39)26(44)41(13-17-4-2-3-5-17)20-10-18(27(29,30)31)11-35-24(20)40/h10-12,16-17,21H,2-9,13-15H2,1H3,(H2,37,38,43). The normalized spacial score (nSPS) is 19.8. The van der Waals surface area contributed by atoms with Gasteiger partial charge in [-0.15, -0.1) is 0 Å². The van der Waals surface area contributed by atoms with Gasteiger partial charge in [-0.2, -0.15) is 31.4 Å². The van der Waals surface area contributed by atoms with Crippen LogP contribution in [0.2, 0.25) is 0 Å². The molecule has 1 aliphatic carbocycles. The summed E-state index contributed by atoms with van der Waals surface area (Å²) in [6, 6.07) is -0.493. The molecule has 0 spiro atoms. The first-order valence-corrected chi connectivity index (χ1v) is 14.7. The number of amides is 2. The molecular formula is C28H33F6N7O4. The SMILES string of the molecule is CC(COCCC(=O)N1CCN2c3ncc(C(F)(F)F)cc3N(CC3CCCC3)C(=O)C2C1)Nc1cn[nH]c(=O)c1C(F)(F)F. The van der Waals surface area contributed by atoms with Crippen molar-refractivity contribution in [3.8, 4) is 0 Å². The number of nitrogens with one attached hydrogen (secondary N) is 2. The van der Waals surface area contributed by atoms with Gasteiger partial charge in [0, 0.05) is 31.9 Å². The van der Waals surface area contributed by atoms with Crippen molar-refractivity contribution in [3.63, 3.8) is 0 Å². The molecule has 0 radical (unpaired) electrons. The molecule has 2 amide bonds. The number of carbonyl (C=O) groups is 2. The number of rotatable bonds is 9. The summed E-state index contributed by atoms with van der Waals surface area (Å²) < 4.78 is 85.9. The molecule has 2 aromatic rings. The maximum Gasteiger partial charge on any atom is 0.423 e. The lowest BCUT2D eigenvalue weighted by Crippen LogP contribution is -2.64. The second-order valence-corrected chi connectivity index (χ2v) is 11.6. The number of aromatic nitrogens is 3. The molecule has 0 aromatic carbocycles. The number of piperazine rings is 1. The number of fused-ring (bicyclic) bond motifs is 3. The summed E-state index contributed by atoms with van der Waals surface area (Å²) in [5.74, 6) is -0.240. The highest BCUT2D eigenvalue weighted by Gasteiger charge is 2.45. The number of H-pyrrole nitrogens is 1. The zero-order valence-corrected chi connectivity index (χ0v) is 24.4. The van der Waals surface area contributed by atoms with Crippen LogP contribution >= 0.6 is 0 Å². The summed E-state index contributed by atoms with van der Waals surface area (Å²) in [4.78, 5) is 47.1. The van der Waals surface area contributed by atoms with Crippen LogP contribution in [0.1, 0.15) is 50.2 Å². The molecule has 17 heteroatoms. The van der Waals surface area contributed by atoms with Crippen LogP contribution < -0.4 is 20.7 Å². The zero-order valence-electron chi connectivity index (χ0n) is 24.4. The van der Waals surface area contributed by atoms with Crippen molar-refractivity contribution < 1.29 is 40.7 Å². The highest BCUT2D eigenvalue weighted by Crippen LogP contribution is 2.41. The van der Waals surface area contributed by atoms with E-state index in [-0.39, 0.29) is 75.1 Å². The Morgan fingerprint density at radius 1 is 1.11 bits per heavy atom. The molecule has 2 atom stereocenters. The van der Waals surface area contributed by atoms with E-state index in [0.717, 1.165) is 44.1 Å². The van der Waals surface area contributed by atoms with Crippen LogP contribution in [0.5, 0.6) is 0 Å². The fourth-order valence-electron chi connectivity index (χ4n) is 6.11. The molecule has 0 bridgehead atoms. The molecule has 45 heavy (non-hydrogen) atoms. The van der Waals surface area contributed by atoms with Crippen molar-refractivity contribution >= 4 is 29.0 Å². The van der Waals surface area contributed by atoms with Gasteiger partial charge in [0.1, 0.15) is 11.6 Å². The number of hydrogen-bond acceptors (Lipinski definition) is 8. The average molecular weight is 646 g/mol. The minimum Gasteiger partial charge on any atom is -0.379 e. The summed E-state index contributed by atoms with van der Waals surface area (Å²) in [6.07, 6.45) is -4.22. The van der Waals surface area contributed by atoms with Crippen LogP contribution in [-0.2, 0) is 26.7 Å². The molecule has 1 saturated carbocycles. The molecule has 5 rings (SSSR count). The number of nitrogens with zero attached hydrogens (tertiary/aromatic N) is 5. The monoisotopic (exact) mass is 645 g/mol. The van der Waals surface area contributed by atoms with Crippen molar-refractivity contribution in [1.82, 2.24) is 20.1 Å². The third kappa shape index (κ3) is 7.17. The van der Waals surface area contributed by atoms with Crippen LogP contribution in [0, 0.1) is 5.92 Å². The molecule has 11 nitrogen and oxygen atoms in total. The lowest BCUT2D eigenvalue weighted by Gasteiger charge is -2.47. The number of halogens is 6.